The fraction of sp³-hybridized carbons (Fsp3) is 0.500. The summed E-state index contributed by atoms with van der Waals surface area (Å²) in [4.78, 5) is 2.46. The van der Waals surface area contributed by atoms with Crippen LogP contribution in [0.25, 0.3) is 0 Å². The van der Waals surface area contributed by atoms with Crippen LogP contribution in [-0.2, 0) is 13.1 Å². The van der Waals surface area contributed by atoms with E-state index in [2.05, 4.69) is 17.0 Å². The SMILES string of the molecule is NCCCCN1Cc2ccc(Cl)cc2C1. The minimum atomic E-state index is 0.798. The van der Waals surface area contributed by atoms with Crippen molar-refractivity contribution in [3.05, 3.63) is 34.3 Å². The van der Waals surface area contributed by atoms with Crippen molar-refractivity contribution in [1.29, 1.82) is 0 Å². The van der Waals surface area contributed by atoms with Crippen LogP contribution >= 0.6 is 11.6 Å². The largest absolute Gasteiger partial charge is 0.330 e. The summed E-state index contributed by atoms with van der Waals surface area (Å²) in [6, 6.07) is 6.20. The van der Waals surface area contributed by atoms with Crippen molar-refractivity contribution >= 4 is 11.6 Å². The molecule has 2 rings (SSSR count). The zero-order chi connectivity index (χ0) is 10.7. The normalized spacial score (nSPS) is 15.6. The summed E-state index contributed by atoms with van der Waals surface area (Å²) in [6.07, 6.45) is 2.31. The minimum Gasteiger partial charge on any atom is -0.330 e. The maximum Gasteiger partial charge on any atom is 0.0409 e. The van der Waals surface area contributed by atoms with Gasteiger partial charge in [-0.25, -0.2) is 0 Å². The number of hydrogen-bond donors (Lipinski definition) is 1. The lowest BCUT2D eigenvalue weighted by Crippen LogP contribution is -2.18. The fourth-order valence-corrected chi connectivity index (χ4v) is 2.27. The molecule has 1 aromatic carbocycles. The summed E-state index contributed by atoms with van der Waals surface area (Å²) in [5, 5.41) is 0.845. The number of halogens is 1. The van der Waals surface area contributed by atoms with Gasteiger partial charge < -0.3 is 5.73 Å². The van der Waals surface area contributed by atoms with Crippen molar-refractivity contribution in [3.63, 3.8) is 0 Å². The maximum atomic E-state index is 5.96. The molecular formula is C12H17ClN2. The van der Waals surface area contributed by atoms with E-state index in [0.717, 1.165) is 37.6 Å². The quantitative estimate of drug-likeness (QED) is 0.796. The van der Waals surface area contributed by atoms with Crippen molar-refractivity contribution in [3.8, 4) is 0 Å². The van der Waals surface area contributed by atoms with Gasteiger partial charge in [0.05, 0.1) is 0 Å². The Morgan fingerprint density at radius 3 is 2.80 bits per heavy atom. The van der Waals surface area contributed by atoms with Gasteiger partial charge in [0.15, 0.2) is 0 Å². The molecule has 0 bridgehead atoms. The second-order valence-electron chi connectivity index (χ2n) is 4.12. The van der Waals surface area contributed by atoms with Crippen LogP contribution in [0.4, 0.5) is 0 Å². The third-order valence-electron chi connectivity index (χ3n) is 2.88. The summed E-state index contributed by atoms with van der Waals surface area (Å²) in [6.45, 7) is 4.05. The first-order chi connectivity index (χ1) is 7.29. The van der Waals surface area contributed by atoms with Crippen LogP contribution in [0.1, 0.15) is 24.0 Å². The maximum absolute atomic E-state index is 5.96. The van der Waals surface area contributed by atoms with E-state index >= 15 is 0 Å². The number of fused-ring (bicyclic) bond motifs is 1. The van der Waals surface area contributed by atoms with Crippen LogP contribution in [-0.4, -0.2) is 18.0 Å². The van der Waals surface area contributed by atoms with E-state index in [0.29, 0.717) is 0 Å². The molecule has 0 amide bonds. The molecule has 1 aromatic rings. The van der Waals surface area contributed by atoms with E-state index in [1.807, 2.05) is 6.07 Å². The van der Waals surface area contributed by atoms with Gasteiger partial charge in [0.2, 0.25) is 0 Å². The Hall–Kier alpha value is -0.570. The molecule has 3 heteroatoms. The molecule has 82 valence electrons. The van der Waals surface area contributed by atoms with E-state index in [1.165, 1.54) is 17.5 Å². The fourth-order valence-electron chi connectivity index (χ4n) is 2.07. The second-order valence-corrected chi connectivity index (χ2v) is 4.56. The molecule has 0 unspecified atom stereocenters. The average Bonchev–Trinajstić information content (AvgIpc) is 2.60. The Balaban J connectivity index is 1.91. The summed E-state index contributed by atoms with van der Waals surface area (Å²) < 4.78 is 0. The molecule has 0 saturated carbocycles. The molecular weight excluding hydrogens is 208 g/mol. The van der Waals surface area contributed by atoms with Gasteiger partial charge in [0.1, 0.15) is 0 Å². The smallest absolute Gasteiger partial charge is 0.0409 e. The number of nitrogens with zero attached hydrogens (tertiary/aromatic N) is 1. The predicted octanol–water partition coefficient (Wildman–Crippen LogP) is 2.39. The first-order valence-electron chi connectivity index (χ1n) is 5.49. The minimum absolute atomic E-state index is 0.798. The number of unbranched alkanes of at least 4 members (excludes halogenated alkanes) is 1. The van der Waals surface area contributed by atoms with E-state index in [9.17, 15) is 0 Å². The lowest BCUT2D eigenvalue weighted by Gasteiger charge is -2.13. The van der Waals surface area contributed by atoms with E-state index in [-0.39, 0.29) is 0 Å². The van der Waals surface area contributed by atoms with Gasteiger partial charge in [-0.05, 0) is 49.2 Å². The summed E-state index contributed by atoms with van der Waals surface area (Å²) in [7, 11) is 0. The van der Waals surface area contributed by atoms with Crippen molar-refractivity contribution in [2.45, 2.75) is 25.9 Å². The molecule has 0 aliphatic carbocycles. The highest BCUT2D eigenvalue weighted by atomic mass is 35.5. The molecule has 15 heavy (non-hydrogen) atoms. The van der Waals surface area contributed by atoms with Gasteiger partial charge >= 0.3 is 0 Å². The van der Waals surface area contributed by atoms with Crippen LogP contribution in [0.15, 0.2) is 18.2 Å². The first kappa shape index (κ1) is 10.9. The van der Waals surface area contributed by atoms with Crippen LogP contribution in [0, 0.1) is 0 Å². The lowest BCUT2D eigenvalue weighted by molar-refractivity contribution is 0.278. The molecule has 0 aromatic heterocycles. The Morgan fingerprint density at radius 1 is 1.20 bits per heavy atom. The Bertz CT molecular complexity index is 338. The topological polar surface area (TPSA) is 29.3 Å². The zero-order valence-electron chi connectivity index (χ0n) is 8.88. The van der Waals surface area contributed by atoms with Crippen LogP contribution in [0.5, 0.6) is 0 Å². The zero-order valence-corrected chi connectivity index (χ0v) is 9.63. The predicted molar refractivity (Wildman–Crippen MR) is 63.9 cm³/mol. The van der Waals surface area contributed by atoms with Crippen LogP contribution < -0.4 is 5.73 Å². The highest BCUT2D eigenvalue weighted by molar-refractivity contribution is 6.30. The van der Waals surface area contributed by atoms with Gasteiger partial charge in [-0.3, -0.25) is 4.90 Å². The molecule has 0 saturated heterocycles. The molecule has 1 aliphatic rings. The van der Waals surface area contributed by atoms with Crippen molar-refractivity contribution in [2.24, 2.45) is 5.73 Å². The average molecular weight is 225 g/mol. The second kappa shape index (κ2) is 4.97. The van der Waals surface area contributed by atoms with Crippen LogP contribution in [0.3, 0.4) is 0 Å². The van der Waals surface area contributed by atoms with Gasteiger partial charge in [-0.15, -0.1) is 0 Å². The summed E-state index contributed by atoms with van der Waals surface area (Å²) in [5.41, 5.74) is 8.29. The number of hydrogen-bond acceptors (Lipinski definition) is 2. The van der Waals surface area contributed by atoms with Crippen molar-refractivity contribution < 1.29 is 0 Å². The number of rotatable bonds is 4. The van der Waals surface area contributed by atoms with E-state index in [1.54, 1.807) is 0 Å². The molecule has 0 spiro atoms. The molecule has 2 nitrogen and oxygen atoms in total. The third kappa shape index (κ3) is 2.71. The molecule has 1 heterocycles. The third-order valence-corrected chi connectivity index (χ3v) is 3.12. The molecule has 2 N–H and O–H groups in total. The Kier molecular flexibility index (Phi) is 3.62. The number of nitrogens with two attached hydrogens (primary N) is 1. The van der Waals surface area contributed by atoms with E-state index in [4.69, 9.17) is 17.3 Å². The van der Waals surface area contributed by atoms with Crippen molar-refractivity contribution in [2.75, 3.05) is 13.1 Å². The monoisotopic (exact) mass is 224 g/mol. The van der Waals surface area contributed by atoms with Gasteiger partial charge in [0.25, 0.3) is 0 Å². The summed E-state index contributed by atoms with van der Waals surface area (Å²) >= 11 is 5.96. The molecule has 0 fully saturated rings. The highest BCUT2D eigenvalue weighted by Gasteiger charge is 2.17. The van der Waals surface area contributed by atoms with Gasteiger partial charge in [-0.2, -0.15) is 0 Å². The molecule has 0 radical (unpaired) electrons. The number of benzene rings is 1. The highest BCUT2D eigenvalue weighted by Crippen LogP contribution is 2.25. The first-order valence-corrected chi connectivity index (χ1v) is 5.87. The lowest BCUT2D eigenvalue weighted by atomic mass is 10.1. The van der Waals surface area contributed by atoms with Gasteiger partial charge in [0, 0.05) is 18.1 Å². The van der Waals surface area contributed by atoms with Crippen LogP contribution in [0.2, 0.25) is 5.02 Å². The Labute approximate surface area is 96.0 Å². The van der Waals surface area contributed by atoms with Crippen molar-refractivity contribution in [1.82, 2.24) is 4.90 Å². The van der Waals surface area contributed by atoms with E-state index < -0.39 is 0 Å². The molecule has 0 atom stereocenters. The molecule has 1 aliphatic heterocycles. The Morgan fingerprint density at radius 2 is 2.00 bits per heavy atom. The van der Waals surface area contributed by atoms with Gasteiger partial charge in [-0.1, -0.05) is 17.7 Å². The summed E-state index contributed by atoms with van der Waals surface area (Å²) in [5.74, 6) is 0. The standard InChI is InChI=1S/C12H17ClN2/c13-12-4-3-10-8-15(6-2-1-5-14)9-11(10)7-12/h3-4,7H,1-2,5-6,8-9,14H2.